The van der Waals surface area contributed by atoms with Crippen LogP contribution in [0, 0.1) is 20.8 Å². The molecule has 5 nitrogen and oxygen atoms in total. The first-order valence-corrected chi connectivity index (χ1v) is 11.4. The molecule has 0 aliphatic heterocycles. The first kappa shape index (κ1) is 22.6. The number of anilines is 2. The number of nitrogens with zero attached hydrogens (tertiary/aromatic N) is 1. The Morgan fingerprint density at radius 3 is 2.33 bits per heavy atom. The minimum absolute atomic E-state index is 0.0692. The second-order valence-electron chi connectivity index (χ2n) is 8.97. The van der Waals surface area contributed by atoms with E-state index in [1.165, 1.54) is 16.7 Å². The van der Waals surface area contributed by atoms with Crippen molar-refractivity contribution in [2.75, 3.05) is 11.9 Å². The van der Waals surface area contributed by atoms with Gasteiger partial charge in [-0.15, -0.1) is 0 Å². The van der Waals surface area contributed by atoms with E-state index in [1.807, 2.05) is 13.8 Å². The van der Waals surface area contributed by atoms with Crippen LogP contribution in [0.25, 0.3) is 21.8 Å². The molecule has 0 aliphatic rings. The first-order valence-electron chi connectivity index (χ1n) is 11.4. The molecule has 1 amide bonds. The van der Waals surface area contributed by atoms with E-state index in [2.05, 4.69) is 86.0 Å². The van der Waals surface area contributed by atoms with Crippen LogP contribution < -0.4 is 10.6 Å². The third-order valence-electron chi connectivity index (χ3n) is 5.80. The highest BCUT2D eigenvalue weighted by Gasteiger charge is 2.12. The van der Waals surface area contributed by atoms with Gasteiger partial charge >= 0.3 is 6.09 Å². The molecule has 0 saturated carbocycles. The lowest BCUT2D eigenvalue weighted by Gasteiger charge is -2.16. The number of nitrogens with one attached hydrogen (secondary N) is 2. The quantitative estimate of drug-likeness (QED) is 0.326. The van der Waals surface area contributed by atoms with Crippen molar-refractivity contribution in [1.82, 2.24) is 10.3 Å². The van der Waals surface area contributed by atoms with E-state index in [1.54, 1.807) is 0 Å². The number of amides is 1. The molecule has 1 aromatic heterocycles. The molecule has 3 aromatic carbocycles. The predicted molar refractivity (Wildman–Crippen MR) is 137 cm³/mol. The van der Waals surface area contributed by atoms with Crippen molar-refractivity contribution >= 4 is 39.3 Å². The number of alkyl carbamates (subject to hydrolysis) is 1. The zero-order chi connectivity index (χ0) is 23.5. The van der Waals surface area contributed by atoms with Crippen LogP contribution in [0.3, 0.4) is 0 Å². The number of aromatic nitrogens is 1. The zero-order valence-corrected chi connectivity index (χ0v) is 20.0. The molecule has 0 bridgehead atoms. The summed E-state index contributed by atoms with van der Waals surface area (Å²) in [5, 5.41) is 8.61. The largest absolute Gasteiger partial charge is 0.449 e. The first-order chi connectivity index (χ1) is 15.8. The van der Waals surface area contributed by atoms with Gasteiger partial charge in [0.15, 0.2) is 0 Å². The molecule has 0 fully saturated rings. The Hall–Kier alpha value is -3.60. The molecule has 0 aliphatic carbocycles. The van der Waals surface area contributed by atoms with Crippen molar-refractivity contribution in [1.29, 1.82) is 0 Å². The SMILES string of the molecule is Cc1ccc2nc3cc(C)c(C)cc3c(Nc3ccc(CCOC(=O)NC(C)C)cc3)c2c1. The van der Waals surface area contributed by atoms with E-state index < -0.39 is 0 Å². The molecule has 5 heteroatoms. The lowest BCUT2D eigenvalue weighted by atomic mass is 10.0. The summed E-state index contributed by atoms with van der Waals surface area (Å²) in [6.07, 6.45) is 0.297. The van der Waals surface area contributed by atoms with Crippen LogP contribution in [0.15, 0.2) is 54.6 Å². The molecule has 2 N–H and O–H groups in total. The number of fused-ring (bicyclic) bond motifs is 2. The molecule has 0 spiro atoms. The summed E-state index contributed by atoms with van der Waals surface area (Å²) in [4.78, 5) is 16.6. The minimum Gasteiger partial charge on any atom is -0.449 e. The summed E-state index contributed by atoms with van der Waals surface area (Å²) in [7, 11) is 0. The maximum absolute atomic E-state index is 11.6. The zero-order valence-electron chi connectivity index (χ0n) is 20.0. The minimum atomic E-state index is -0.374. The molecule has 0 atom stereocenters. The molecule has 4 rings (SSSR count). The van der Waals surface area contributed by atoms with Crippen molar-refractivity contribution in [3.63, 3.8) is 0 Å². The fourth-order valence-electron chi connectivity index (χ4n) is 3.89. The van der Waals surface area contributed by atoms with Crippen LogP contribution in [0.5, 0.6) is 0 Å². The van der Waals surface area contributed by atoms with Crippen molar-refractivity contribution in [3.05, 3.63) is 76.9 Å². The number of ether oxygens (including phenoxy) is 1. The predicted octanol–water partition coefficient (Wildman–Crippen LogP) is 6.73. The van der Waals surface area contributed by atoms with Gasteiger partial charge in [0.05, 0.1) is 23.3 Å². The maximum atomic E-state index is 11.6. The van der Waals surface area contributed by atoms with Crippen LogP contribution in [0.1, 0.15) is 36.1 Å². The number of carbonyl (C=O) groups excluding carboxylic acids is 1. The number of rotatable bonds is 6. The van der Waals surface area contributed by atoms with Crippen molar-refractivity contribution in [2.45, 2.75) is 47.1 Å². The molecular formula is C28H31N3O2. The lowest BCUT2D eigenvalue weighted by molar-refractivity contribution is 0.145. The number of aryl methyl sites for hydroxylation is 3. The van der Waals surface area contributed by atoms with Crippen molar-refractivity contribution < 1.29 is 9.53 Å². The van der Waals surface area contributed by atoms with Crippen LogP contribution >= 0.6 is 0 Å². The molecule has 170 valence electrons. The second kappa shape index (κ2) is 9.49. The van der Waals surface area contributed by atoms with E-state index in [4.69, 9.17) is 9.72 Å². The van der Waals surface area contributed by atoms with Crippen LogP contribution in [0.2, 0.25) is 0 Å². The van der Waals surface area contributed by atoms with E-state index >= 15 is 0 Å². The molecular weight excluding hydrogens is 410 g/mol. The highest BCUT2D eigenvalue weighted by Crippen LogP contribution is 2.35. The number of benzene rings is 3. The Kier molecular flexibility index (Phi) is 6.50. The molecule has 0 radical (unpaired) electrons. The number of pyridine rings is 1. The van der Waals surface area contributed by atoms with Crippen LogP contribution in [-0.4, -0.2) is 23.7 Å². The summed E-state index contributed by atoms with van der Waals surface area (Å²) < 4.78 is 5.24. The van der Waals surface area contributed by atoms with Gasteiger partial charge in [0, 0.05) is 28.9 Å². The van der Waals surface area contributed by atoms with Crippen LogP contribution in [0.4, 0.5) is 16.2 Å². The van der Waals surface area contributed by atoms with Gasteiger partial charge in [-0.25, -0.2) is 9.78 Å². The third kappa shape index (κ3) is 5.25. The summed E-state index contributed by atoms with van der Waals surface area (Å²) in [6, 6.07) is 19.1. The maximum Gasteiger partial charge on any atom is 0.407 e. The normalized spacial score (nSPS) is 11.2. The van der Waals surface area contributed by atoms with E-state index in [9.17, 15) is 4.79 Å². The molecule has 0 saturated heterocycles. The summed E-state index contributed by atoms with van der Waals surface area (Å²) >= 11 is 0. The lowest BCUT2D eigenvalue weighted by Crippen LogP contribution is -2.31. The molecule has 4 aromatic rings. The Morgan fingerprint density at radius 2 is 1.61 bits per heavy atom. The second-order valence-corrected chi connectivity index (χ2v) is 8.97. The van der Waals surface area contributed by atoms with Crippen molar-refractivity contribution in [3.8, 4) is 0 Å². The smallest absolute Gasteiger partial charge is 0.407 e. The number of hydrogen-bond acceptors (Lipinski definition) is 4. The van der Waals surface area contributed by atoms with Gasteiger partial charge in [-0.1, -0.05) is 23.8 Å². The van der Waals surface area contributed by atoms with Gasteiger partial charge in [0.1, 0.15) is 0 Å². The van der Waals surface area contributed by atoms with Gasteiger partial charge in [-0.3, -0.25) is 0 Å². The molecule has 1 heterocycles. The topological polar surface area (TPSA) is 63.3 Å². The Morgan fingerprint density at radius 1 is 0.909 bits per heavy atom. The Bertz CT molecular complexity index is 1310. The van der Waals surface area contributed by atoms with Gasteiger partial charge < -0.3 is 15.4 Å². The molecule has 0 unspecified atom stereocenters. The standard InChI is InChI=1S/C28H31N3O2/c1-17(2)29-28(32)33-13-12-21-7-9-22(10-8-21)30-27-23-14-18(3)6-11-25(23)31-26-16-20(5)19(4)15-24(26)27/h6-11,14-17H,12-13H2,1-5H3,(H,29,32)(H,30,31). The van der Waals surface area contributed by atoms with Crippen LogP contribution in [-0.2, 0) is 11.2 Å². The Balaban J connectivity index is 1.59. The monoisotopic (exact) mass is 441 g/mol. The number of hydrogen-bond donors (Lipinski definition) is 2. The van der Waals surface area contributed by atoms with Gasteiger partial charge in [0.2, 0.25) is 0 Å². The van der Waals surface area contributed by atoms with E-state index in [0.717, 1.165) is 38.7 Å². The fraction of sp³-hybridized carbons (Fsp3) is 0.286. The average molecular weight is 442 g/mol. The summed E-state index contributed by atoms with van der Waals surface area (Å²) in [6.45, 7) is 10.5. The molecule has 33 heavy (non-hydrogen) atoms. The van der Waals surface area contributed by atoms with Crippen molar-refractivity contribution in [2.24, 2.45) is 0 Å². The van der Waals surface area contributed by atoms with Gasteiger partial charge in [-0.05, 0) is 87.7 Å². The average Bonchev–Trinajstić information content (AvgIpc) is 2.76. The van der Waals surface area contributed by atoms with E-state index in [0.29, 0.717) is 13.0 Å². The third-order valence-corrected chi connectivity index (χ3v) is 5.80. The highest BCUT2D eigenvalue weighted by molar-refractivity contribution is 6.09. The summed E-state index contributed by atoms with van der Waals surface area (Å²) in [5.74, 6) is 0. The Labute approximate surface area is 195 Å². The number of carbonyl (C=O) groups is 1. The van der Waals surface area contributed by atoms with Gasteiger partial charge in [0.25, 0.3) is 0 Å². The van der Waals surface area contributed by atoms with E-state index in [-0.39, 0.29) is 12.1 Å². The van der Waals surface area contributed by atoms with Gasteiger partial charge in [-0.2, -0.15) is 0 Å². The highest BCUT2D eigenvalue weighted by atomic mass is 16.5. The summed E-state index contributed by atoms with van der Waals surface area (Å²) in [5.41, 5.74) is 8.85. The fourth-order valence-corrected chi connectivity index (χ4v) is 3.89.